The highest BCUT2D eigenvalue weighted by atomic mass is 35.5. The van der Waals surface area contributed by atoms with Crippen molar-refractivity contribution < 1.29 is 14.0 Å². The summed E-state index contributed by atoms with van der Waals surface area (Å²) < 4.78 is 20.4. The van der Waals surface area contributed by atoms with Crippen LogP contribution in [0.5, 0.6) is 5.75 Å². The number of halogens is 2. The molecule has 0 bridgehead atoms. The number of piperidine rings is 1. The molecule has 1 saturated heterocycles. The minimum Gasteiger partial charge on any atom is -0.455 e. The van der Waals surface area contributed by atoms with E-state index in [1.54, 1.807) is 4.90 Å². The van der Waals surface area contributed by atoms with Crippen molar-refractivity contribution in [1.29, 1.82) is 0 Å². The van der Waals surface area contributed by atoms with E-state index in [1.165, 1.54) is 50.0 Å². The van der Waals surface area contributed by atoms with Crippen molar-refractivity contribution in [2.45, 2.75) is 32.1 Å². The van der Waals surface area contributed by atoms with Crippen molar-refractivity contribution in [3.05, 3.63) is 118 Å². The molecule has 1 atom stereocenters. The van der Waals surface area contributed by atoms with Crippen molar-refractivity contribution in [3.63, 3.8) is 0 Å². The Balaban J connectivity index is 1.68. The van der Waals surface area contributed by atoms with Gasteiger partial charge in [-0.05, 0) is 61.6 Å². The van der Waals surface area contributed by atoms with Crippen molar-refractivity contribution in [2.75, 3.05) is 19.6 Å². The maximum absolute atomic E-state index is 13.8. The molecule has 1 N–H and O–H groups in total. The number of quaternary nitrogens is 1. The zero-order valence-electron chi connectivity index (χ0n) is 19.5. The van der Waals surface area contributed by atoms with Crippen LogP contribution in [0.4, 0.5) is 4.39 Å². The van der Waals surface area contributed by atoms with E-state index in [0.717, 1.165) is 34.6 Å². The van der Waals surface area contributed by atoms with E-state index in [2.05, 4.69) is 43.3 Å². The fourth-order valence-corrected chi connectivity index (χ4v) is 5.35. The number of hydrogen-bond acceptors (Lipinski definition) is 1. The van der Waals surface area contributed by atoms with Crippen molar-refractivity contribution in [2.24, 2.45) is 0 Å². The number of allylic oxidation sites excluding steroid dienone is 2. The highest BCUT2D eigenvalue weighted by Crippen LogP contribution is 2.47. The smallest absolute Gasteiger partial charge is 0.153 e. The van der Waals surface area contributed by atoms with Crippen LogP contribution in [0.15, 0.2) is 89.5 Å². The number of hydrogen-bond donors (Lipinski definition) is 1. The molecule has 1 fully saturated rings. The number of ether oxygens (including phenoxy) is 1. The van der Waals surface area contributed by atoms with Crippen LogP contribution in [0, 0.1) is 12.7 Å². The largest absolute Gasteiger partial charge is 0.455 e. The number of fused-ring (bicyclic) bond motifs is 1. The molecule has 2 nitrogen and oxygen atoms in total. The van der Waals surface area contributed by atoms with Crippen LogP contribution < -0.4 is 9.64 Å². The lowest BCUT2D eigenvalue weighted by Crippen LogP contribution is -3.12. The van der Waals surface area contributed by atoms with Crippen LogP contribution in [-0.4, -0.2) is 19.6 Å². The van der Waals surface area contributed by atoms with E-state index < -0.39 is 0 Å². The highest BCUT2D eigenvalue weighted by molar-refractivity contribution is 6.35. The molecule has 3 aromatic rings. The van der Waals surface area contributed by atoms with Crippen molar-refractivity contribution in [1.82, 2.24) is 0 Å². The van der Waals surface area contributed by atoms with Crippen LogP contribution in [0.25, 0.3) is 5.76 Å². The summed E-state index contributed by atoms with van der Waals surface area (Å²) in [6.45, 7) is 5.35. The van der Waals surface area contributed by atoms with Gasteiger partial charge in [-0.25, -0.2) is 4.39 Å². The molecule has 4 heteroatoms. The van der Waals surface area contributed by atoms with Gasteiger partial charge in [0.2, 0.25) is 0 Å². The minimum atomic E-state index is -0.243. The first-order valence-electron chi connectivity index (χ1n) is 12.1. The molecule has 34 heavy (non-hydrogen) atoms. The molecule has 0 spiro atoms. The Labute approximate surface area is 206 Å². The summed E-state index contributed by atoms with van der Waals surface area (Å²) >= 11 is 7.21. The van der Waals surface area contributed by atoms with E-state index in [4.69, 9.17) is 16.3 Å². The first-order chi connectivity index (χ1) is 16.6. The summed E-state index contributed by atoms with van der Waals surface area (Å²) in [5.41, 5.74) is 5.19. The van der Waals surface area contributed by atoms with Gasteiger partial charge in [-0.3, -0.25) is 0 Å². The second kappa shape index (κ2) is 10.2. The van der Waals surface area contributed by atoms with Gasteiger partial charge in [-0.15, -0.1) is 0 Å². The van der Waals surface area contributed by atoms with Crippen LogP contribution in [0.1, 0.15) is 47.4 Å². The van der Waals surface area contributed by atoms with Gasteiger partial charge in [0.05, 0.1) is 24.7 Å². The molecule has 174 valence electrons. The molecular weight excluding hydrogens is 445 g/mol. The van der Waals surface area contributed by atoms with Crippen LogP contribution in [-0.2, 0) is 0 Å². The topological polar surface area (TPSA) is 13.7 Å². The number of nitrogens with one attached hydrogen (secondary N) is 1. The first-order valence-corrected chi connectivity index (χ1v) is 12.5. The summed E-state index contributed by atoms with van der Waals surface area (Å²) in [6, 6.07) is 23.1. The molecule has 0 saturated carbocycles. The molecular formula is C30H30ClFNO+. The Morgan fingerprint density at radius 3 is 2.38 bits per heavy atom. The molecule has 2 aliphatic heterocycles. The summed E-state index contributed by atoms with van der Waals surface area (Å²) in [7, 11) is 0. The number of likely N-dealkylation sites (tertiary alicyclic amines) is 1. The third-order valence-corrected chi connectivity index (χ3v) is 7.28. The van der Waals surface area contributed by atoms with Crippen LogP contribution in [0.3, 0.4) is 0 Å². The van der Waals surface area contributed by atoms with Gasteiger partial charge in [0.1, 0.15) is 11.6 Å². The lowest BCUT2D eigenvalue weighted by molar-refractivity contribution is -0.899. The summed E-state index contributed by atoms with van der Waals surface area (Å²) in [4.78, 5) is 1.58. The van der Waals surface area contributed by atoms with E-state index in [-0.39, 0.29) is 11.7 Å². The van der Waals surface area contributed by atoms with E-state index in [1.807, 2.05) is 30.3 Å². The molecule has 0 unspecified atom stereocenters. The Hall–Kier alpha value is -2.88. The Morgan fingerprint density at radius 2 is 1.65 bits per heavy atom. The standard InChI is InChI=1S/C30H29ClFNO/c1-21-9-11-23(12-10-21)30-29(31)26(17-20-33-18-5-2-6-19-33)28(22-13-15-24(32)16-14-22)25-7-3-4-8-27(25)34-30/h3-4,7-17,28H,2,5-6,18-20H2,1H3/p+1/b26-17-/t28-/m1/s1. The molecule has 2 aliphatic rings. The SMILES string of the molecule is Cc1ccc(C2=C(Cl)/C(=C\C[NH+]3CCCCC3)[C@H](c3ccc(F)cc3)c3ccccc3O2)cc1. The Morgan fingerprint density at radius 1 is 0.941 bits per heavy atom. The second-order valence-electron chi connectivity index (χ2n) is 9.31. The molecule has 5 rings (SSSR count). The number of rotatable bonds is 4. The third kappa shape index (κ3) is 4.82. The molecule has 3 aromatic carbocycles. The maximum Gasteiger partial charge on any atom is 0.153 e. The van der Waals surface area contributed by atoms with E-state index in [9.17, 15) is 4.39 Å². The van der Waals surface area contributed by atoms with E-state index in [0.29, 0.717) is 10.8 Å². The lowest BCUT2D eigenvalue weighted by Gasteiger charge is -2.24. The molecule has 0 aliphatic carbocycles. The van der Waals surface area contributed by atoms with Gasteiger partial charge in [0.15, 0.2) is 5.76 Å². The van der Waals surface area contributed by atoms with Crippen LogP contribution in [0.2, 0.25) is 0 Å². The second-order valence-corrected chi connectivity index (χ2v) is 9.69. The van der Waals surface area contributed by atoms with Gasteiger partial charge < -0.3 is 9.64 Å². The van der Waals surface area contributed by atoms with Gasteiger partial charge in [0, 0.05) is 17.0 Å². The van der Waals surface area contributed by atoms with Gasteiger partial charge >= 0.3 is 0 Å². The number of benzene rings is 3. The van der Waals surface area contributed by atoms with Crippen molar-refractivity contribution in [3.8, 4) is 5.75 Å². The molecule has 0 amide bonds. The average Bonchev–Trinajstić information content (AvgIpc) is 2.99. The normalized spacial score (nSPS) is 20.1. The Bertz CT molecular complexity index is 1210. The highest BCUT2D eigenvalue weighted by Gasteiger charge is 2.31. The molecule has 2 heterocycles. The number of aryl methyl sites for hydroxylation is 1. The van der Waals surface area contributed by atoms with Gasteiger partial charge in [0.25, 0.3) is 0 Å². The first kappa shape index (κ1) is 22.9. The monoisotopic (exact) mass is 474 g/mol. The number of para-hydroxylation sites is 1. The Kier molecular flexibility index (Phi) is 6.85. The predicted molar refractivity (Wildman–Crippen MR) is 137 cm³/mol. The summed E-state index contributed by atoms with van der Waals surface area (Å²) in [6.07, 6.45) is 6.14. The minimum absolute atomic E-state index is 0.142. The maximum atomic E-state index is 13.8. The van der Waals surface area contributed by atoms with E-state index >= 15 is 0 Å². The lowest BCUT2D eigenvalue weighted by atomic mass is 9.83. The van der Waals surface area contributed by atoms with Crippen molar-refractivity contribution >= 4 is 17.4 Å². The zero-order valence-corrected chi connectivity index (χ0v) is 20.2. The third-order valence-electron chi connectivity index (χ3n) is 6.89. The zero-order chi connectivity index (χ0) is 23.5. The molecule has 0 radical (unpaired) electrons. The molecule has 0 aromatic heterocycles. The van der Waals surface area contributed by atoms with Crippen LogP contribution >= 0.6 is 11.6 Å². The summed E-state index contributed by atoms with van der Waals surface area (Å²) in [5, 5.41) is 0.616. The van der Waals surface area contributed by atoms with Gasteiger partial charge in [-0.1, -0.05) is 71.8 Å². The fourth-order valence-electron chi connectivity index (χ4n) is 5.01. The quantitative estimate of drug-likeness (QED) is 0.471. The van der Waals surface area contributed by atoms with Gasteiger partial charge in [-0.2, -0.15) is 0 Å². The average molecular weight is 475 g/mol. The summed E-state index contributed by atoms with van der Waals surface area (Å²) in [5.74, 6) is 1.06. The predicted octanol–water partition coefficient (Wildman–Crippen LogP) is 6.26. The fraction of sp³-hybridized carbons (Fsp3) is 0.267.